The lowest BCUT2D eigenvalue weighted by atomic mass is 9.92. The lowest BCUT2D eigenvalue weighted by molar-refractivity contribution is 0.668. The Kier molecular flexibility index (Phi) is 6.24. The Hall–Kier alpha value is -7.57. The van der Waals surface area contributed by atoms with Crippen molar-refractivity contribution < 1.29 is 13.3 Å². The predicted octanol–water partition coefficient (Wildman–Crippen LogP) is 13.4. The third-order valence-electron chi connectivity index (χ3n) is 10.7. The van der Waals surface area contributed by atoms with Crippen molar-refractivity contribution in [3.63, 3.8) is 0 Å². The van der Waals surface area contributed by atoms with Crippen LogP contribution in [0.1, 0.15) is 0 Å². The van der Waals surface area contributed by atoms with Crippen molar-refractivity contribution in [1.29, 1.82) is 0 Å². The van der Waals surface area contributed by atoms with Crippen molar-refractivity contribution in [3.05, 3.63) is 164 Å². The number of hydrogen-bond donors (Lipinski definition) is 0. The first-order chi connectivity index (χ1) is 27.2. The van der Waals surface area contributed by atoms with Crippen LogP contribution in [0.3, 0.4) is 0 Å². The van der Waals surface area contributed by atoms with E-state index in [0.29, 0.717) is 17.5 Å². The molecule has 6 heteroatoms. The normalized spacial score (nSPS) is 12.0. The average molecular weight is 706 g/mol. The van der Waals surface area contributed by atoms with Gasteiger partial charge in [-0.3, -0.25) is 0 Å². The van der Waals surface area contributed by atoms with Crippen molar-refractivity contribution in [2.45, 2.75) is 0 Å². The van der Waals surface area contributed by atoms with E-state index in [4.69, 9.17) is 28.2 Å². The van der Waals surface area contributed by atoms with E-state index in [0.717, 1.165) is 104 Å². The molecule has 0 unspecified atom stereocenters. The van der Waals surface area contributed by atoms with Gasteiger partial charge in [-0.2, -0.15) is 0 Å². The first kappa shape index (κ1) is 29.9. The minimum absolute atomic E-state index is 0.537. The molecule has 0 amide bonds. The van der Waals surface area contributed by atoms with E-state index in [-0.39, 0.29) is 0 Å². The van der Waals surface area contributed by atoms with Gasteiger partial charge in [0.2, 0.25) is 0 Å². The second kappa shape index (κ2) is 11.5. The van der Waals surface area contributed by atoms with E-state index in [1.54, 1.807) is 0 Å². The van der Waals surface area contributed by atoms with Gasteiger partial charge >= 0.3 is 0 Å². The maximum absolute atomic E-state index is 6.52. The third kappa shape index (κ3) is 4.52. The number of benzene rings is 8. The predicted molar refractivity (Wildman–Crippen MR) is 221 cm³/mol. The van der Waals surface area contributed by atoms with E-state index in [1.165, 1.54) is 0 Å². The van der Waals surface area contributed by atoms with Gasteiger partial charge in [-0.15, -0.1) is 0 Å². The average Bonchev–Trinajstić information content (AvgIpc) is 3.94. The van der Waals surface area contributed by atoms with Gasteiger partial charge < -0.3 is 13.3 Å². The smallest absolute Gasteiger partial charge is 0.165 e. The van der Waals surface area contributed by atoms with Crippen LogP contribution >= 0.6 is 0 Å². The van der Waals surface area contributed by atoms with Gasteiger partial charge in [0.15, 0.2) is 17.5 Å². The van der Waals surface area contributed by atoms with Crippen LogP contribution in [-0.4, -0.2) is 15.0 Å². The second-order valence-corrected chi connectivity index (χ2v) is 13.9. The quantitative estimate of drug-likeness (QED) is 0.181. The van der Waals surface area contributed by atoms with E-state index in [2.05, 4.69) is 91.0 Å². The summed E-state index contributed by atoms with van der Waals surface area (Å²) in [4.78, 5) is 16.1. The maximum atomic E-state index is 6.52. The molecule has 0 N–H and O–H groups in total. The zero-order chi connectivity index (χ0) is 36.0. The summed E-state index contributed by atoms with van der Waals surface area (Å²) in [6.45, 7) is 0. The molecule has 0 saturated heterocycles. The largest absolute Gasteiger partial charge is 0.456 e. The van der Waals surface area contributed by atoms with Gasteiger partial charge in [-0.1, -0.05) is 115 Å². The van der Waals surface area contributed by atoms with Crippen molar-refractivity contribution >= 4 is 76.6 Å². The minimum atomic E-state index is 0.537. The highest BCUT2D eigenvalue weighted by Gasteiger charge is 2.25. The molecule has 12 aromatic rings. The Morgan fingerprint density at radius 1 is 0.309 bits per heavy atom. The number of rotatable bonds is 4. The molecule has 0 bridgehead atoms. The molecule has 0 spiro atoms. The minimum Gasteiger partial charge on any atom is -0.456 e. The molecule has 0 fully saturated rings. The molecule has 8 aromatic carbocycles. The van der Waals surface area contributed by atoms with Gasteiger partial charge in [-0.25, -0.2) is 15.0 Å². The molecule has 0 aliphatic heterocycles. The Bertz CT molecular complexity index is 3520. The second-order valence-electron chi connectivity index (χ2n) is 13.9. The van der Waals surface area contributed by atoms with Gasteiger partial charge in [-0.05, 0) is 70.4 Å². The molecular formula is C49H27N3O3. The number of para-hydroxylation sites is 3. The number of aromatic nitrogens is 3. The molecule has 0 radical (unpaired) electrons. The first-order valence-electron chi connectivity index (χ1n) is 18.3. The summed E-state index contributed by atoms with van der Waals surface area (Å²) < 4.78 is 19.3. The van der Waals surface area contributed by atoms with Crippen LogP contribution in [0.15, 0.2) is 177 Å². The first-order valence-corrected chi connectivity index (χ1v) is 18.3. The molecule has 55 heavy (non-hydrogen) atoms. The standard InChI is InChI=1S/C49H27N3O3/c1-2-12-29-27-30(24-23-28(29)11-1)47-50-48(36-17-10-22-41-44(36)34-14-4-7-19-38(34)54-41)52-49(51-47)46-32(25-26-42-45(46)35-15-5-8-20-39(35)55-42)31-16-9-21-40-43(31)33-13-3-6-18-37(33)53-40/h1-27H. The van der Waals surface area contributed by atoms with Crippen LogP contribution < -0.4 is 0 Å². The summed E-state index contributed by atoms with van der Waals surface area (Å²) in [6, 6.07) is 55.6. The highest BCUT2D eigenvalue weighted by atomic mass is 16.3. The van der Waals surface area contributed by atoms with Crippen LogP contribution in [0.5, 0.6) is 0 Å². The number of fused-ring (bicyclic) bond motifs is 10. The van der Waals surface area contributed by atoms with Gasteiger partial charge in [0, 0.05) is 49.0 Å². The summed E-state index contributed by atoms with van der Waals surface area (Å²) in [6.07, 6.45) is 0. The summed E-state index contributed by atoms with van der Waals surface area (Å²) in [5.41, 5.74) is 9.37. The van der Waals surface area contributed by atoms with Gasteiger partial charge in [0.25, 0.3) is 0 Å². The van der Waals surface area contributed by atoms with Crippen LogP contribution in [0.25, 0.3) is 122 Å². The van der Waals surface area contributed by atoms with E-state index < -0.39 is 0 Å². The Labute approximate surface area is 312 Å². The zero-order valence-corrected chi connectivity index (χ0v) is 29.2. The number of furan rings is 3. The molecule has 4 heterocycles. The number of nitrogens with zero attached hydrogens (tertiary/aromatic N) is 3. The maximum Gasteiger partial charge on any atom is 0.165 e. The molecule has 256 valence electrons. The van der Waals surface area contributed by atoms with Crippen molar-refractivity contribution in [2.24, 2.45) is 0 Å². The van der Waals surface area contributed by atoms with E-state index in [1.807, 2.05) is 72.8 Å². The molecule has 0 atom stereocenters. The summed E-state index contributed by atoms with van der Waals surface area (Å²) in [5.74, 6) is 1.65. The Morgan fingerprint density at radius 3 is 1.51 bits per heavy atom. The highest BCUT2D eigenvalue weighted by Crippen LogP contribution is 2.46. The SMILES string of the molecule is c1ccc2cc(-c3nc(-c4cccc5oc6ccccc6c45)nc(-c4c(-c5cccc6oc7ccccc7c56)ccc5oc6ccccc6c45)n3)ccc2c1. The fourth-order valence-electron chi connectivity index (χ4n) is 8.30. The van der Waals surface area contributed by atoms with E-state index >= 15 is 0 Å². The summed E-state index contributed by atoms with van der Waals surface area (Å²) in [5, 5.41) is 8.21. The Balaban J connectivity index is 1.23. The van der Waals surface area contributed by atoms with Crippen LogP contribution in [0.2, 0.25) is 0 Å². The van der Waals surface area contributed by atoms with Gasteiger partial charge in [0.1, 0.15) is 33.5 Å². The number of hydrogen-bond acceptors (Lipinski definition) is 6. The fraction of sp³-hybridized carbons (Fsp3) is 0. The summed E-state index contributed by atoms with van der Waals surface area (Å²) in [7, 11) is 0. The van der Waals surface area contributed by atoms with E-state index in [9.17, 15) is 0 Å². The molecule has 0 saturated carbocycles. The van der Waals surface area contributed by atoms with Crippen molar-refractivity contribution in [1.82, 2.24) is 15.0 Å². The van der Waals surface area contributed by atoms with Gasteiger partial charge in [0.05, 0.1) is 0 Å². The van der Waals surface area contributed by atoms with Crippen molar-refractivity contribution in [3.8, 4) is 45.3 Å². The molecular weight excluding hydrogens is 679 g/mol. The molecule has 4 aromatic heterocycles. The van der Waals surface area contributed by atoms with Crippen LogP contribution in [-0.2, 0) is 0 Å². The molecule has 6 nitrogen and oxygen atoms in total. The Morgan fingerprint density at radius 2 is 0.818 bits per heavy atom. The third-order valence-corrected chi connectivity index (χ3v) is 10.7. The van der Waals surface area contributed by atoms with Crippen LogP contribution in [0.4, 0.5) is 0 Å². The molecule has 0 aliphatic carbocycles. The molecule has 0 aliphatic rings. The van der Waals surface area contributed by atoms with Crippen molar-refractivity contribution in [2.75, 3.05) is 0 Å². The lowest BCUT2D eigenvalue weighted by Gasteiger charge is -2.14. The monoisotopic (exact) mass is 705 g/mol. The summed E-state index contributed by atoms with van der Waals surface area (Å²) >= 11 is 0. The fourth-order valence-corrected chi connectivity index (χ4v) is 8.30. The van der Waals surface area contributed by atoms with Crippen LogP contribution in [0, 0.1) is 0 Å². The molecule has 12 rings (SSSR count). The lowest BCUT2D eigenvalue weighted by Crippen LogP contribution is -2.02. The highest BCUT2D eigenvalue weighted by molar-refractivity contribution is 6.19. The zero-order valence-electron chi connectivity index (χ0n) is 29.2. The topological polar surface area (TPSA) is 78.1 Å².